The first kappa shape index (κ1) is 7.42. The number of fused-ring (bicyclic) bond motifs is 1. The number of nitrogens with zero attached hydrogens (tertiary/aromatic N) is 2. The summed E-state index contributed by atoms with van der Waals surface area (Å²) in [5.41, 5.74) is 0. The Morgan fingerprint density at radius 2 is 2.00 bits per heavy atom. The van der Waals surface area contributed by atoms with E-state index in [2.05, 4.69) is 9.78 Å². The lowest BCUT2D eigenvalue weighted by molar-refractivity contribution is 0.388. The minimum atomic E-state index is 0.638. The van der Waals surface area contributed by atoms with Gasteiger partial charge in [-0.2, -0.15) is 0 Å². The van der Waals surface area contributed by atoms with Crippen molar-refractivity contribution in [3.8, 4) is 11.6 Å². The smallest absolute Gasteiger partial charge is 0.282 e. The van der Waals surface area contributed by atoms with Crippen LogP contribution in [0.3, 0.4) is 0 Å². The summed E-state index contributed by atoms with van der Waals surface area (Å²) in [6, 6.07) is 0.638. The van der Waals surface area contributed by atoms with Crippen LogP contribution in [0.2, 0.25) is 0 Å². The lowest BCUT2D eigenvalue weighted by Crippen LogP contribution is -2.09. The molecule has 0 N–H and O–H groups in total. The SMILES string of the molecule is c1c2c(nn1C1CCCCCC1)O2. The zero-order valence-corrected chi connectivity index (χ0v) is 7.70. The Morgan fingerprint density at radius 3 is 2.62 bits per heavy atom. The number of hydrogen-bond acceptors (Lipinski definition) is 2. The third kappa shape index (κ3) is 1.32. The zero-order chi connectivity index (χ0) is 8.67. The molecule has 0 unspecified atom stereocenters. The van der Waals surface area contributed by atoms with Crippen molar-refractivity contribution in [2.24, 2.45) is 0 Å². The zero-order valence-electron chi connectivity index (χ0n) is 7.70. The number of ether oxygens (including phenoxy) is 1. The summed E-state index contributed by atoms with van der Waals surface area (Å²) in [7, 11) is 0. The van der Waals surface area contributed by atoms with Crippen LogP contribution in [-0.4, -0.2) is 9.78 Å². The van der Waals surface area contributed by atoms with Gasteiger partial charge in [0.1, 0.15) is 0 Å². The van der Waals surface area contributed by atoms with Crippen LogP contribution in [-0.2, 0) is 0 Å². The van der Waals surface area contributed by atoms with Crippen molar-refractivity contribution in [2.75, 3.05) is 0 Å². The molecule has 3 heteroatoms. The van der Waals surface area contributed by atoms with Gasteiger partial charge in [-0.15, -0.1) is 5.10 Å². The van der Waals surface area contributed by atoms with Crippen molar-refractivity contribution in [1.82, 2.24) is 9.78 Å². The molecule has 1 aliphatic carbocycles. The fourth-order valence-electron chi connectivity index (χ4n) is 2.19. The van der Waals surface area contributed by atoms with Crippen molar-refractivity contribution < 1.29 is 4.74 Å². The molecule has 1 fully saturated rings. The first-order valence-corrected chi connectivity index (χ1v) is 5.20. The molecule has 0 spiro atoms. The Labute approximate surface area is 77.7 Å². The molecule has 1 aromatic heterocycles. The molecule has 13 heavy (non-hydrogen) atoms. The third-order valence-corrected chi connectivity index (χ3v) is 3.03. The highest BCUT2D eigenvalue weighted by molar-refractivity contribution is 5.46. The van der Waals surface area contributed by atoms with Crippen molar-refractivity contribution in [2.45, 2.75) is 44.6 Å². The van der Waals surface area contributed by atoms with E-state index in [0.717, 1.165) is 11.6 Å². The minimum absolute atomic E-state index is 0.638. The summed E-state index contributed by atoms with van der Waals surface area (Å²) in [6.45, 7) is 0. The summed E-state index contributed by atoms with van der Waals surface area (Å²) in [6.07, 6.45) is 10.1. The summed E-state index contributed by atoms with van der Waals surface area (Å²) < 4.78 is 7.19. The van der Waals surface area contributed by atoms with Crippen molar-refractivity contribution in [3.05, 3.63) is 6.20 Å². The average molecular weight is 178 g/mol. The van der Waals surface area contributed by atoms with Crippen molar-refractivity contribution in [1.29, 1.82) is 0 Å². The summed E-state index contributed by atoms with van der Waals surface area (Å²) in [5, 5.41) is 4.36. The normalized spacial score (nSPS) is 21.8. The van der Waals surface area contributed by atoms with E-state index in [1.54, 1.807) is 0 Å². The molecular weight excluding hydrogens is 164 g/mol. The molecule has 1 saturated carbocycles. The van der Waals surface area contributed by atoms with Gasteiger partial charge in [0.15, 0.2) is 0 Å². The maximum atomic E-state index is 5.07. The number of aromatic nitrogens is 2. The van der Waals surface area contributed by atoms with E-state index in [1.807, 2.05) is 6.20 Å². The van der Waals surface area contributed by atoms with E-state index in [1.165, 1.54) is 38.5 Å². The third-order valence-electron chi connectivity index (χ3n) is 3.03. The maximum Gasteiger partial charge on any atom is 0.282 e. The molecule has 1 aromatic rings. The van der Waals surface area contributed by atoms with E-state index in [0.29, 0.717) is 6.04 Å². The number of rotatable bonds is 1. The van der Waals surface area contributed by atoms with Gasteiger partial charge in [0.2, 0.25) is 5.75 Å². The van der Waals surface area contributed by atoms with E-state index in [-0.39, 0.29) is 0 Å². The predicted molar refractivity (Wildman–Crippen MR) is 49.0 cm³/mol. The quantitative estimate of drug-likeness (QED) is 0.496. The molecular formula is C10H14N2O. The van der Waals surface area contributed by atoms with E-state index in [4.69, 9.17) is 4.74 Å². The molecule has 2 aliphatic rings. The monoisotopic (exact) mass is 178 g/mol. The van der Waals surface area contributed by atoms with Crippen LogP contribution in [0.15, 0.2) is 6.20 Å². The van der Waals surface area contributed by atoms with Crippen LogP contribution >= 0.6 is 0 Å². The largest absolute Gasteiger partial charge is 0.427 e. The van der Waals surface area contributed by atoms with E-state index in [9.17, 15) is 0 Å². The second kappa shape index (κ2) is 2.76. The Kier molecular flexibility index (Phi) is 1.57. The second-order valence-corrected chi connectivity index (χ2v) is 4.03. The summed E-state index contributed by atoms with van der Waals surface area (Å²) >= 11 is 0. The molecule has 70 valence electrons. The van der Waals surface area contributed by atoms with Gasteiger partial charge in [-0.25, -0.2) is 0 Å². The van der Waals surface area contributed by atoms with Crippen LogP contribution in [0, 0.1) is 0 Å². The fourth-order valence-corrected chi connectivity index (χ4v) is 2.19. The summed E-state index contributed by atoms with van der Waals surface area (Å²) in [4.78, 5) is 0. The van der Waals surface area contributed by atoms with Gasteiger partial charge < -0.3 is 4.74 Å². The van der Waals surface area contributed by atoms with Gasteiger partial charge in [0.25, 0.3) is 5.88 Å². The van der Waals surface area contributed by atoms with Crippen LogP contribution in [0.5, 0.6) is 11.6 Å². The van der Waals surface area contributed by atoms with Crippen LogP contribution < -0.4 is 4.74 Å². The Balaban J connectivity index is 1.76. The molecule has 3 rings (SSSR count). The summed E-state index contributed by atoms with van der Waals surface area (Å²) in [5.74, 6) is 1.84. The van der Waals surface area contributed by atoms with E-state index >= 15 is 0 Å². The standard InChI is InChI=1S/C10H14N2O/c1-2-4-6-8(5-3-1)12-7-9-10(11-12)13-9/h7-8H,1-6H2. The highest BCUT2D eigenvalue weighted by Gasteiger charge is 2.28. The van der Waals surface area contributed by atoms with Gasteiger partial charge >= 0.3 is 0 Å². The van der Waals surface area contributed by atoms with Crippen LogP contribution in [0.25, 0.3) is 0 Å². The molecule has 1 aliphatic heterocycles. The van der Waals surface area contributed by atoms with Crippen LogP contribution in [0.4, 0.5) is 0 Å². The van der Waals surface area contributed by atoms with E-state index < -0.39 is 0 Å². The minimum Gasteiger partial charge on any atom is -0.427 e. The molecule has 3 nitrogen and oxygen atoms in total. The molecule has 0 amide bonds. The lowest BCUT2D eigenvalue weighted by atomic mass is 10.1. The Morgan fingerprint density at radius 1 is 1.23 bits per heavy atom. The van der Waals surface area contributed by atoms with Gasteiger partial charge in [-0.1, -0.05) is 25.7 Å². The highest BCUT2D eigenvalue weighted by atomic mass is 16.6. The molecule has 0 aromatic carbocycles. The second-order valence-electron chi connectivity index (χ2n) is 4.03. The highest BCUT2D eigenvalue weighted by Crippen LogP contribution is 2.44. The molecule has 0 bridgehead atoms. The first-order chi connectivity index (χ1) is 6.43. The lowest BCUT2D eigenvalue weighted by Gasteiger charge is -2.14. The van der Waals surface area contributed by atoms with Crippen molar-refractivity contribution >= 4 is 0 Å². The van der Waals surface area contributed by atoms with Gasteiger partial charge in [-0.05, 0) is 12.8 Å². The van der Waals surface area contributed by atoms with Gasteiger partial charge in [-0.3, -0.25) is 4.68 Å². The molecule has 2 heterocycles. The van der Waals surface area contributed by atoms with Crippen molar-refractivity contribution in [3.63, 3.8) is 0 Å². The predicted octanol–water partition coefficient (Wildman–Crippen LogP) is 2.88. The number of hydrogen-bond donors (Lipinski definition) is 0. The molecule has 0 radical (unpaired) electrons. The topological polar surface area (TPSA) is 30.4 Å². The molecule has 0 saturated heterocycles. The van der Waals surface area contributed by atoms with Gasteiger partial charge in [0, 0.05) is 0 Å². The first-order valence-electron chi connectivity index (χ1n) is 5.20. The van der Waals surface area contributed by atoms with Crippen LogP contribution in [0.1, 0.15) is 44.6 Å². The average Bonchev–Trinajstić information content (AvgIpc) is 2.85. The fraction of sp³-hybridized carbons (Fsp3) is 0.700. The maximum absolute atomic E-state index is 5.07. The van der Waals surface area contributed by atoms with Gasteiger partial charge in [0.05, 0.1) is 12.2 Å². The Hall–Kier alpha value is -0.990. The molecule has 0 atom stereocenters. The Bertz CT molecular complexity index is 291.